The summed E-state index contributed by atoms with van der Waals surface area (Å²) >= 11 is 8.14. The molecule has 0 fully saturated rings. The average Bonchev–Trinajstić information content (AvgIpc) is 3.26. The zero-order valence-electron chi connectivity index (χ0n) is 19.1. The van der Waals surface area contributed by atoms with Gasteiger partial charge < -0.3 is 25.0 Å². The number of aliphatic hydroxyl groups is 1. The summed E-state index contributed by atoms with van der Waals surface area (Å²) in [4.78, 5) is 15.3. The molecular weight excluding hydrogens is 502 g/mol. The molecule has 0 saturated heterocycles. The van der Waals surface area contributed by atoms with Crippen LogP contribution in [0.4, 0.5) is 11.5 Å². The van der Waals surface area contributed by atoms with Crippen LogP contribution in [0.3, 0.4) is 0 Å². The van der Waals surface area contributed by atoms with Gasteiger partial charge in [0.2, 0.25) is 0 Å². The van der Waals surface area contributed by atoms with Gasteiger partial charge in [-0.3, -0.25) is 4.99 Å². The lowest BCUT2D eigenvalue weighted by molar-refractivity contribution is -0.140. The highest BCUT2D eigenvalue weighted by Gasteiger charge is 2.21. The second kappa shape index (κ2) is 10.1. The van der Waals surface area contributed by atoms with Gasteiger partial charge in [0.15, 0.2) is 23.4 Å². The van der Waals surface area contributed by atoms with Crippen LogP contribution in [-0.4, -0.2) is 52.1 Å². The number of aliphatic carboxylic acids is 1. The van der Waals surface area contributed by atoms with Gasteiger partial charge in [-0.05, 0) is 59.9 Å². The van der Waals surface area contributed by atoms with Crippen LogP contribution in [0.1, 0.15) is 12.5 Å². The van der Waals surface area contributed by atoms with Crippen molar-refractivity contribution >= 4 is 56.9 Å². The minimum absolute atomic E-state index is 0.505. The number of ether oxygens (including phenoxy) is 2. The van der Waals surface area contributed by atoms with E-state index < -0.39 is 18.1 Å². The van der Waals surface area contributed by atoms with Crippen LogP contribution < -0.4 is 14.8 Å². The minimum Gasteiger partial charge on any atom is -0.486 e. The van der Waals surface area contributed by atoms with E-state index in [-0.39, 0.29) is 0 Å². The number of benzene rings is 3. The first-order valence-electron chi connectivity index (χ1n) is 11.2. The number of hydrogen-bond acceptors (Lipinski definition) is 8. The number of carboxylic acid groups (broad SMARTS) is 1. The summed E-state index contributed by atoms with van der Waals surface area (Å²) in [5, 5.41) is 23.6. The van der Waals surface area contributed by atoms with Crippen LogP contribution in [0.5, 0.6) is 11.5 Å². The van der Waals surface area contributed by atoms with Crippen molar-refractivity contribution in [3.8, 4) is 22.6 Å². The Morgan fingerprint density at radius 3 is 2.75 bits per heavy atom. The second-order valence-corrected chi connectivity index (χ2v) is 9.42. The molecule has 2 heterocycles. The first-order valence-corrected chi connectivity index (χ1v) is 12.3. The van der Waals surface area contributed by atoms with Crippen LogP contribution in [-0.2, 0) is 4.79 Å². The molecule has 184 valence electrons. The number of anilines is 2. The third kappa shape index (κ3) is 4.86. The lowest BCUT2D eigenvalue weighted by atomic mass is 10.0. The van der Waals surface area contributed by atoms with E-state index in [1.54, 1.807) is 0 Å². The number of carbonyl (C=O) groups is 1. The lowest BCUT2D eigenvalue weighted by Crippen LogP contribution is -2.29. The lowest BCUT2D eigenvalue weighted by Gasteiger charge is -2.19. The number of halogens is 1. The monoisotopic (exact) mass is 523 g/mol. The highest BCUT2D eigenvalue weighted by molar-refractivity contribution is 7.13. The van der Waals surface area contributed by atoms with E-state index in [1.807, 2.05) is 54.6 Å². The number of aromatic nitrogens is 1. The Balaban J connectivity index is 1.44. The van der Waals surface area contributed by atoms with Crippen molar-refractivity contribution in [2.24, 2.45) is 4.99 Å². The molecule has 10 heteroatoms. The molecule has 1 aromatic heterocycles. The van der Waals surface area contributed by atoms with Crippen molar-refractivity contribution in [2.75, 3.05) is 18.5 Å². The zero-order valence-corrected chi connectivity index (χ0v) is 20.7. The first-order chi connectivity index (χ1) is 17.4. The molecule has 0 aliphatic carbocycles. The molecule has 0 saturated carbocycles. The zero-order chi connectivity index (χ0) is 25.2. The van der Waals surface area contributed by atoms with Crippen LogP contribution >= 0.6 is 23.1 Å². The topological polar surface area (TPSA) is 113 Å². The summed E-state index contributed by atoms with van der Waals surface area (Å²) in [5.41, 5.74) is 3.12. The van der Waals surface area contributed by atoms with Crippen molar-refractivity contribution < 1.29 is 24.5 Å². The van der Waals surface area contributed by atoms with Crippen LogP contribution in [0.15, 0.2) is 59.6 Å². The Kier molecular flexibility index (Phi) is 6.77. The number of fused-ring (bicyclic) bond motifs is 2. The molecule has 0 amide bonds. The van der Waals surface area contributed by atoms with E-state index in [1.165, 1.54) is 24.7 Å². The number of hydrogen-bond donors (Lipinski definition) is 3. The fourth-order valence-corrected chi connectivity index (χ4v) is 4.88. The molecule has 1 aliphatic rings. The number of nitrogens with one attached hydrogen (secondary N) is 1. The van der Waals surface area contributed by atoms with Gasteiger partial charge in [0.25, 0.3) is 0 Å². The first kappa shape index (κ1) is 24.1. The third-order valence-electron chi connectivity index (χ3n) is 5.69. The van der Waals surface area contributed by atoms with Gasteiger partial charge in [0.1, 0.15) is 13.2 Å². The van der Waals surface area contributed by atoms with Crippen molar-refractivity contribution in [3.05, 3.63) is 65.2 Å². The number of aliphatic imine (C=N–C) groups is 1. The highest BCUT2D eigenvalue weighted by Crippen LogP contribution is 2.40. The quantitative estimate of drug-likeness (QED) is 0.278. The number of aliphatic hydroxyl groups excluding tert-OH is 1. The maximum Gasteiger partial charge on any atom is 0.331 e. The maximum absolute atomic E-state index is 11.3. The van der Waals surface area contributed by atoms with E-state index >= 15 is 0 Å². The second-order valence-electron chi connectivity index (χ2n) is 8.24. The molecule has 1 aliphatic heterocycles. The molecule has 4 aromatic rings. The van der Waals surface area contributed by atoms with Gasteiger partial charge in [-0.2, -0.15) is 4.37 Å². The van der Waals surface area contributed by atoms with Crippen LogP contribution in [0, 0.1) is 0 Å². The molecule has 2 unspecified atom stereocenters. The largest absolute Gasteiger partial charge is 0.486 e. The van der Waals surface area contributed by atoms with Gasteiger partial charge in [-0.25, -0.2) is 4.79 Å². The molecule has 0 radical (unpaired) electrons. The fourth-order valence-electron chi connectivity index (χ4n) is 3.88. The van der Waals surface area contributed by atoms with Gasteiger partial charge in [-0.1, -0.05) is 35.9 Å². The Morgan fingerprint density at radius 1 is 1.17 bits per heavy atom. The van der Waals surface area contributed by atoms with E-state index in [2.05, 4.69) is 14.7 Å². The Labute approximate surface area is 216 Å². The molecule has 0 spiro atoms. The summed E-state index contributed by atoms with van der Waals surface area (Å²) < 4.78 is 16.8. The molecule has 2 atom stereocenters. The molecular formula is C26H22ClN3O5S. The van der Waals surface area contributed by atoms with E-state index in [4.69, 9.17) is 21.1 Å². The summed E-state index contributed by atoms with van der Waals surface area (Å²) in [6, 6.07) is 15.8. The molecule has 5 rings (SSSR count). The SMILES string of the molecule is CC(O)C(N=Cc1ccc2snc(Nc3cccc(-c4ccc5c(c4)OCCO5)c3Cl)c2c1)C(=O)O. The highest BCUT2D eigenvalue weighted by atomic mass is 35.5. The molecule has 0 bridgehead atoms. The molecule has 8 nitrogen and oxygen atoms in total. The number of rotatable bonds is 7. The van der Waals surface area contributed by atoms with Crippen molar-refractivity contribution in [1.82, 2.24) is 4.37 Å². The number of carboxylic acids is 1. The maximum atomic E-state index is 11.3. The van der Waals surface area contributed by atoms with Crippen LogP contribution in [0.25, 0.3) is 21.2 Å². The smallest absolute Gasteiger partial charge is 0.331 e. The van der Waals surface area contributed by atoms with Crippen molar-refractivity contribution in [2.45, 2.75) is 19.1 Å². The molecule has 36 heavy (non-hydrogen) atoms. The van der Waals surface area contributed by atoms with E-state index in [0.29, 0.717) is 46.8 Å². The summed E-state index contributed by atoms with van der Waals surface area (Å²) in [6.07, 6.45) is 0.341. The van der Waals surface area contributed by atoms with Gasteiger partial charge >= 0.3 is 5.97 Å². The Bertz CT molecular complexity index is 1470. The fraction of sp³-hybridized carbons (Fsp3) is 0.192. The normalized spacial score (nSPS) is 14.6. The average molecular weight is 524 g/mol. The summed E-state index contributed by atoms with van der Waals surface area (Å²) in [5.74, 6) is 0.839. The van der Waals surface area contributed by atoms with Crippen molar-refractivity contribution in [3.63, 3.8) is 0 Å². The Morgan fingerprint density at radius 2 is 1.97 bits per heavy atom. The predicted octanol–water partition coefficient (Wildman–Crippen LogP) is 5.38. The van der Waals surface area contributed by atoms with Crippen LogP contribution in [0.2, 0.25) is 5.02 Å². The van der Waals surface area contributed by atoms with Gasteiger partial charge in [0.05, 0.1) is 21.5 Å². The molecule has 3 N–H and O–H groups in total. The number of nitrogens with zero attached hydrogens (tertiary/aromatic N) is 2. The third-order valence-corrected chi connectivity index (χ3v) is 6.93. The summed E-state index contributed by atoms with van der Waals surface area (Å²) in [7, 11) is 0. The minimum atomic E-state index is -1.24. The van der Waals surface area contributed by atoms with E-state index in [0.717, 1.165) is 21.2 Å². The predicted molar refractivity (Wildman–Crippen MR) is 141 cm³/mol. The Hall–Kier alpha value is -3.66. The van der Waals surface area contributed by atoms with Crippen molar-refractivity contribution in [1.29, 1.82) is 0 Å². The van der Waals surface area contributed by atoms with E-state index in [9.17, 15) is 15.0 Å². The molecule has 3 aromatic carbocycles. The van der Waals surface area contributed by atoms with Gasteiger partial charge in [-0.15, -0.1) is 0 Å². The standard InChI is InChI=1S/C26H22ClN3O5S/c1-14(31)24(26(32)33)28-13-15-5-8-22-18(11-15)25(30-36-22)29-19-4-2-3-17(23(19)27)16-6-7-20-21(12-16)35-10-9-34-20/h2-8,11-14,24,31H,9-10H2,1H3,(H,29,30)(H,32,33). The van der Waals surface area contributed by atoms with Gasteiger partial charge in [0, 0.05) is 17.2 Å². The summed E-state index contributed by atoms with van der Waals surface area (Å²) in [6.45, 7) is 2.43.